The van der Waals surface area contributed by atoms with Crippen molar-refractivity contribution in [2.75, 3.05) is 13.2 Å². The Morgan fingerprint density at radius 2 is 0.815 bits per heavy atom. The van der Waals surface area contributed by atoms with E-state index in [1.807, 2.05) is 0 Å². The van der Waals surface area contributed by atoms with Gasteiger partial charge in [-0.25, -0.2) is 16.8 Å². The Bertz CT molecular complexity index is 449. The molecule has 0 aromatic heterocycles. The first-order chi connectivity index (χ1) is 12.1. The minimum Gasteiger partial charge on any atom is -0.726 e. The molecule has 0 aromatic rings. The van der Waals surface area contributed by atoms with Gasteiger partial charge < -0.3 is 9.11 Å². The van der Waals surface area contributed by atoms with Gasteiger partial charge in [-0.15, -0.1) is 0 Å². The van der Waals surface area contributed by atoms with Crippen LogP contribution in [0.4, 0.5) is 0 Å². The summed E-state index contributed by atoms with van der Waals surface area (Å²) in [7, 11) is -8.94. The molecule has 27 heavy (non-hydrogen) atoms. The Morgan fingerprint density at radius 1 is 0.556 bits per heavy atom. The molecule has 0 aromatic carbocycles. The Labute approximate surface area is 195 Å². The molecular formula is C16H34CaO8S2. The van der Waals surface area contributed by atoms with E-state index in [1.54, 1.807) is 0 Å². The van der Waals surface area contributed by atoms with Crippen molar-refractivity contribution in [2.24, 2.45) is 0 Å². The molecule has 0 aliphatic heterocycles. The zero-order chi connectivity index (χ0) is 20.3. The SMILES string of the molecule is CCCCCCCCOS(=O)(=O)[O-].CCCCCCCCOS(=O)(=O)[O-].[Ca+2]. The van der Waals surface area contributed by atoms with Crippen LogP contribution in [-0.4, -0.2) is 76.9 Å². The summed E-state index contributed by atoms with van der Waals surface area (Å²) in [5, 5.41) is 0. The minimum atomic E-state index is -4.47. The largest absolute Gasteiger partial charge is 2.00 e. The minimum absolute atomic E-state index is 0. The first kappa shape index (κ1) is 32.7. The van der Waals surface area contributed by atoms with E-state index in [0.717, 1.165) is 25.7 Å². The van der Waals surface area contributed by atoms with Crippen LogP contribution in [0.2, 0.25) is 0 Å². The predicted octanol–water partition coefficient (Wildman–Crippen LogP) is 3.27. The Balaban J connectivity index is -0.000000411. The molecule has 0 radical (unpaired) electrons. The molecule has 0 N–H and O–H groups in total. The van der Waals surface area contributed by atoms with Crippen molar-refractivity contribution in [3.63, 3.8) is 0 Å². The van der Waals surface area contributed by atoms with Crippen molar-refractivity contribution >= 4 is 58.5 Å². The maximum atomic E-state index is 9.99. The van der Waals surface area contributed by atoms with Crippen LogP contribution < -0.4 is 0 Å². The van der Waals surface area contributed by atoms with E-state index in [1.165, 1.54) is 38.5 Å². The maximum absolute atomic E-state index is 9.99. The fraction of sp³-hybridized carbons (Fsp3) is 1.00. The number of rotatable bonds is 16. The van der Waals surface area contributed by atoms with Gasteiger partial charge in [0.1, 0.15) is 0 Å². The maximum Gasteiger partial charge on any atom is 2.00 e. The van der Waals surface area contributed by atoms with Gasteiger partial charge in [-0.3, -0.25) is 8.37 Å². The summed E-state index contributed by atoms with van der Waals surface area (Å²) in [6.07, 6.45) is 12.4. The quantitative estimate of drug-likeness (QED) is 0.149. The molecular weight excluding hydrogens is 424 g/mol. The molecule has 0 unspecified atom stereocenters. The van der Waals surface area contributed by atoms with Gasteiger partial charge in [0.15, 0.2) is 0 Å². The monoisotopic (exact) mass is 458 g/mol. The standard InChI is InChI=1S/2C8H18O4S.Ca/c2*1-2-3-4-5-6-7-8-12-13(9,10)11;/h2*2-8H2,1H3,(H,9,10,11);/q;;+2/p-2. The molecule has 0 atom stereocenters. The summed E-state index contributed by atoms with van der Waals surface area (Å²) < 4.78 is 68.0. The van der Waals surface area contributed by atoms with Crippen molar-refractivity contribution in [1.29, 1.82) is 0 Å². The number of hydrogen-bond donors (Lipinski definition) is 0. The van der Waals surface area contributed by atoms with Gasteiger partial charge in [-0.05, 0) is 12.8 Å². The predicted molar refractivity (Wildman–Crippen MR) is 104 cm³/mol. The van der Waals surface area contributed by atoms with Gasteiger partial charge in [0.2, 0.25) is 20.8 Å². The second-order valence-corrected chi connectivity index (χ2v) is 8.10. The Hall–Kier alpha value is 1.000. The molecule has 0 bridgehead atoms. The van der Waals surface area contributed by atoms with Gasteiger partial charge in [-0.2, -0.15) is 0 Å². The summed E-state index contributed by atoms with van der Waals surface area (Å²) in [6.45, 7) is 4.32. The first-order valence-electron chi connectivity index (χ1n) is 9.32. The molecule has 160 valence electrons. The van der Waals surface area contributed by atoms with Crippen LogP contribution in [0.5, 0.6) is 0 Å². The van der Waals surface area contributed by atoms with Gasteiger partial charge in [-0.1, -0.05) is 78.1 Å². The second-order valence-electron chi connectivity index (χ2n) is 6.00. The summed E-state index contributed by atoms with van der Waals surface area (Å²) >= 11 is 0. The fourth-order valence-corrected chi connectivity index (χ4v) is 2.73. The van der Waals surface area contributed by atoms with E-state index in [4.69, 9.17) is 0 Å². The van der Waals surface area contributed by atoms with Crippen LogP contribution in [0.15, 0.2) is 0 Å². The van der Waals surface area contributed by atoms with Crippen LogP contribution in [0.25, 0.3) is 0 Å². The normalized spacial score (nSPS) is 11.4. The Kier molecular flexibility index (Phi) is 26.3. The molecule has 11 heteroatoms. The average molecular weight is 459 g/mol. The molecule has 0 amide bonds. The van der Waals surface area contributed by atoms with Gasteiger partial charge in [0.25, 0.3) is 0 Å². The summed E-state index contributed by atoms with van der Waals surface area (Å²) in [5.41, 5.74) is 0. The molecule has 0 saturated heterocycles. The molecule has 0 aliphatic rings. The number of unbranched alkanes of at least 4 members (excludes halogenated alkanes) is 10. The van der Waals surface area contributed by atoms with Crippen molar-refractivity contribution in [2.45, 2.75) is 90.9 Å². The van der Waals surface area contributed by atoms with E-state index in [-0.39, 0.29) is 51.0 Å². The van der Waals surface area contributed by atoms with E-state index in [0.29, 0.717) is 12.8 Å². The molecule has 0 spiro atoms. The summed E-state index contributed by atoms with van der Waals surface area (Å²) in [6, 6.07) is 0. The van der Waals surface area contributed by atoms with E-state index in [9.17, 15) is 25.9 Å². The van der Waals surface area contributed by atoms with E-state index >= 15 is 0 Å². The molecule has 0 rings (SSSR count). The number of hydrogen-bond acceptors (Lipinski definition) is 8. The van der Waals surface area contributed by atoms with Crippen molar-refractivity contribution in [3.05, 3.63) is 0 Å². The third-order valence-corrected chi connectivity index (χ3v) is 4.36. The topological polar surface area (TPSA) is 133 Å². The van der Waals surface area contributed by atoms with Crippen molar-refractivity contribution < 1.29 is 34.3 Å². The molecule has 0 saturated carbocycles. The van der Waals surface area contributed by atoms with Crippen LogP contribution in [-0.2, 0) is 29.2 Å². The zero-order valence-electron chi connectivity index (χ0n) is 16.7. The average Bonchev–Trinajstić information content (AvgIpc) is 2.52. The van der Waals surface area contributed by atoms with Crippen LogP contribution in [0, 0.1) is 0 Å². The van der Waals surface area contributed by atoms with E-state index < -0.39 is 20.8 Å². The van der Waals surface area contributed by atoms with Crippen molar-refractivity contribution in [3.8, 4) is 0 Å². The van der Waals surface area contributed by atoms with Gasteiger partial charge in [0, 0.05) is 0 Å². The summed E-state index contributed by atoms with van der Waals surface area (Å²) in [5.74, 6) is 0. The van der Waals surface area contributed by atoms with Crippen molar-refractivity contribution in [1.82, 2.24) is 0 Å². The molecule has 8 nitrogen and oxygen atoms in total. The molecule has 0 fully saturated rings. The van der Waals surface area contributed by atoms with Crippen LogP contribution in [0.3, 0.4) is 0 Å². The van der Waals surface area contributed by atoms with Gasteiger partial charge >= 0.3 is 37.7 Å². The van der Waals surface area contributed by atoms with E-state index in [2.05, 4.69) is 22.2 Å². The Morgan fingerprint density at radius 3 is 1.07 bits per heavy atom. The van der Waals surface area contributed by atoms with Gasteiger partial charge in [0.05, 0.1) is 13.2 Å². The molecule has 0 heterocycles. The fourth-order valence-electron chi connectivity index (χ4n) is 2.09. The van der Waals surface area contributed by atoms with Crippen LogP contribution >= 0.6 is 0 Å². The second kappa shape index (κ2) is 21.7. The third kappa shape index (κ3) is 38.3. The summed E-state index contributed by atoms with van der Waals surface area (Å²) in [4.78, 5) is 0. The zero-order valence-corrected chi connectivity index (χ0v) is 20.5. The third-order valence-electron chi connectivity index (χ3n) is 3.45. The molecule has 0 aliphatic carbocycles. The smallest absolute Gasteiger partial charge is 0.726 e. The van der Waals surface area contributed by atoms with Crippen LogP contribution in [0.1, 0.15) is 90.9 Å². The first-order valence-corrected chi connectivity index (χ1v) is 12.0.